The summed E-state index contributed by atoms with van der Waals surface area (Å²) in [6, 6.07) is 9.11. The summed E-state index contributed by atoms with van der Waals surface area (Å²) in [6.07, 6.45) is 5.15. The average molecular weight is 323 g/mol. The maximum atomic E-state index is 12.2. The molecule has 1 amide bonds. The van der Waals surface area contributed by atoms with E-state index in [1.165, 1.54) is 6.33 Å². The van der Waals surface area contributed by atoms with E-state index in [0.29, 0.717) is 11.6 Å². The van der Waals surface area contributed by atoms with Gasteiger partial charge in [-0.1, -0.05) is 12.1 Å². The number of anilines is 1. The van der Waals surface area contributed by atoms with Crippen LogP contribution in [0.4, 0.5) is 5.82 Å². The monoisotopic (exact) mass is 323 g/mol. The summed E-state index contributed by atoms with van der Waals surface area (Å²) in [4.78, 5) is 24.7. The molecule has 24 heavy (non-hydrogen) atoms. The second-order valence-electron chi connectivity index (χ2n) is 5.18. The lowest BCUT2D eigenvalue weighted by Crippen LogP contribution is -2.16. The first kappa shape index (κ1) is 15.7. The Morgan fingerprint density at radius 3 is 2.88 bits per heavy atom. The van der Waals surface area contributed by atoms with Gasteiger partial charge in [0.25, 0.3) is 0 Å². The summed E-state index contributed by atoms with van der Waals surface area (Å²) >= 11 is 0. The molecular weight excluding hydrogens is 306 g/mol. The van der Waals surface area contributed by atoms with Crippen molar-refractivity contribution < 1.29 is 9.53 Å². The summed E-state index contributed by atoms with van der Waals surface area (Å²) in [5.41, 5.74) is 0.867. The Morgan fingerprint density at radius 1 is 1.25 bits per heavy atom. The minimum Gasteiger partial charge on any atom is -0.497 e. The number of hydrogen-bond acceptors (Lipinski definition) is 5. The highest BCUT2D eigenvalue weighted by Gasteiger charge is 2.08. The molecule has 1 N–H and O–H groups in total. The van der Waals surface area contributed by atoms with Crippen molar-refractivity contribution in [1.82, 2.24) is 19.5 Å². The van der Waals surface area contributed by atoms with Gasteiger partial charge in [-0.3, -0.25) is 9.36 Å². The number of ether oxygens (including phenoxy) is 1. The number of carbonyl (C=O) groups excluding carboxylic acids is 1. The number of methoxy groups -OCH3 is 1. The summed E-state index contributed by atoms with van der Waals surface area (Å²) in [5.74, 6) is 2.47. The van der Waals surface area contributed by atoms with Crippen molar-refractivity contribution in [1.29, 1.82) is 0 Å². The molecule has 0 spiro atoms. The molecule has 0 saturated heterocycles. The van der Waals surface area contributed by atoms with Crippen molar-refractivity contribution in [2.45, 2.75) is 13.3 Å². The highest BCUT2D eigenvalue weighted by atomic mass is 16.5. The molecule has 0 bridgehead atoms. The predicted molar refractivity (Wildman–Crippen MR) is 89.2 cm³/mol. The van der Waals surface area contributed by atoms with Crippen molar-refractivity contribution in [3.05, 3.63) is 60.4 Å². The lowest BCUT2D eigenvalue weighted by atomic mass is 10.1. The number of aryl methyl sites for hydroxylation is 1. The number of carbonyl (C=O) groups is 1. The number of nitrogens with one attached hydrogen (secondary N) is 1. The lowest BCUT2D eigenvalue weighted by Gasteiger charge is -2.08. The van der Waals surface area contributed by atoms with Gasteiger partial charge in [0.15, 0.2) is 0 Å². The summed E-state index contributed by atoms with van der Waals surface area (Å²) in [7, 11) is 1.60. The predicted octanol–water partition coefficient (Wildman–Crippen LogP) is 2.16. The minimum absolute atomic E-state index is 0.157. The Morgan fingerprint density at radius 2 is 2.12 bits per heavy atom. The van der Waals surface area contributed by atoms with Gasteiger partial charge < -0.3 is 10.1 Å². The van der Waals surface area contributed by atoms with Gasteiger partial charge in [0.2, 0.25) is 5.91 Å². The fraction of sp³-hybridized carbons (Fsp3) is 0.176. The fourth-order valence-electron chi connectivity index (χ4n) is 2.32. The maximum absolute atomic E-state index is 12.2. The van der Waals surface area contributed by atoms with Crippen molar-refractivity contribution in [3.63, 3.8) is 0 Å². The van der Waals surface area contributed by atoms with Crippen LogP contribution in [0.15, 0.2) is 49.1 Å². The highest BCUT2D eigenvalue weighted by Crippen LogP contribution is 2.14. The largest absolute Gasteiger partial charge is 0.497 e. The van der Waals surface area contributed by atoms with Crippen LogP contribution in [-0.4, -0.2) is 32.5 Å². The zero-order valence-corrected chi connectivity index (χ0v) is 13.4. The van der Waals surface area contributed by atoms with E-state index in [4.69, 9.17) is 4.74 Å². The van der Waals surface area contributed by atoms with Crippen LogP contribution in [0.1, 0.15) is 11.4 Å². The van der Waals surface area contributed by atoms with E-state index in [9.17, 15) is 4.79 Å². The molecule has 0 atom stereocenters. The third-order valence-corrected chi connectivity index (χ3v) is 3.49. The third kappa shape index (κ3) is 3.57. The van der Waals surface area contributed by atoms with E-state index < -0.39 is 0 Å². The molecule has 0 aliphatic carbocycles. The minimum atomic E-state index is -0.157. The first-order valence-corrected chi connectivity index (χ1v) is 7.41. The van der Waals surface area contributed by atoms with E-state index in [-0.39, 0.29) is 12.3 Å². The van der Waals surface area contributed by atoms with Crippen LogP contribution >= 0.6 is 0 Å². The molecule has 0 aliphatic heterocycles. The quantitative estimate of drug-likeness (QED) is 0.778. The molecule has 122 valence electrons. The Kier molecular flexibility index (Phi) is 4.51. The molecule has 0 unspecified atom stereocenters. The Balaban J connectivity index is 1.71. The van der Waals surface area contributed by atoms with Gasteiger partial charge in [0.05, 0.1) is 13.5 Å². The molecule has 0 fully saturated rings. The normalized spacial score (nSPS) is 10.4. The number of aromatic nitrogens is 4. The van der Waals surface area contributed by atoms with E-state index >= 15 is 0 Å². The molecule has 1 aromatic carbocycles. The van der Waals surface area contributed by atoms with Gasteiger partial charge in [-0.2, -0.15) is 0 Å². The van der Waals surface area contributed by atoms with Gasteiger partial charge in [0.1, 0.15) is 29.5 Å². The molecule has 7 nitrogen and oxygen atoms in total. The van der Waals surface area contributed by atoms with E-state index in [0.717, 1.165) is 17.1 Å². The zero-order chi connectivity index (χ0) is 16.9. The average Bonchev–Trinajstić information content (AvgIpc) is 3.01. The SMILES string of the molecule is COc1cccc(CC(=O)Nc2cc(-n3ccnc3C)ncn2)c1. The first-order valence-electron chi connectivity index (χ1n) is 7.41. The highest BCUT2D eigenvalue weighted by molar-refractivity contribution is 5.91. The number of nitrogens with zero attached hydrogens (tertiary/aromatic N) is 4. The Bertz CT molecular complexity index is 859. The fourth-order valence-corrected chi connectivity index (χ4v) is 2.32. The van der Waals surface area contributed by atoms with E-state index in [1.807, 2.05) is 35.8 Å². The van der Waals surface area contributed by atoms with Crippen LogP contribution in [0.5, 0.6) is 5.75 Å². The molecule has 2 heterocycles. The molecule has 0 radical (unpaired) electrons. The maximum Gasteiger partial charge on any atom is 0.229 e. The molecule has 2 aromatic heterocycles. The van der Waals surface area contributed by atoms with Gasteiger partial charge in [-0.05, 0) is 24.6 Å². The molecule has 7 heteroatoms. The molecular formula is C17H17N5O2. The number of rotatable bonds is 5. The van der Waals surface area contributed by atoms with Crippen molar-refractivity contribution >= 4 is 11.7 Å². The summed E-state index contributed by atoms with van der Waals surface area (Å²) in [5, 5.41) is 2.79. The molecule has 0 saturated carbocycles. The van der Waals surface area contributed by atoms with Crippen LogP contribution in [0.2, 0.25) is 0 Å². The topological polar surface area (TPSA) is 81.9 Å². The van der Waals surface area contributed by atoms with Crippen LogP contribution < -0.4 is 10.1 Å². The molecule has 0 aliphatic rings. The molecule has 3 aromatic rings. The number of imidazole rings is 1. The van der Waals surface area contributed by atoms with Crippen LogP contribution in [0.25, 0.3) is 5.82 Å². The lowest BCUT2D eigenvalue weighted by molar-refractivity contribution is -0.115. The van der Waals surface area contributed by atoms with Gasteiger partial charge in [-0.15, -0.1) is 0 Å². The van der Waals surface area contributed by atoms with Crippen LogP contribution in [0, 0.1) is 6.92 Å². The summed E-state index contributed by atoms with van der Waals surface area (Å²) in [6.45, 7) is 1.88. The van der Waals surface area contributed by atoms with Crippen LogP contribution in [0.3, 0.4) is 0 Å². The second-order valence-corrected chi connectivity index (χ2v) is 5.18. The Labute approximate surface area is 139 Å². The standard InChI is InChI=1S/C17H17N5O2/c1-12-18-6-7-22(12)16-10-15(19-11-20-16)21-17(23)9-13-4-3-5-14(8-13)24-2/h3-8,10-11H,9H2,1-2H3,(H,19,20,21,23). The second kappa shape index (κ2) is 6.91. The summed E-state index contributed by atoms with van der Waals surface area (Å²) < 4.78 is 6.98. The van der Waals surface area contributed by atoms with Crippen molar-refractivity contribution in [3.8, 4) is 11.6 Å². The van der Waals surface area contributed by atoms with E-state index in [2.05, 4.69) is 20.3 Å². The van der Waals surface area contributed by atoms with Gasteiger partial charge >= 0.3 is 0 Å². The van der Waals surface area contributed by atoms with Gasteiger partial charge in [0, 0.05) is 18.5 Å². The van der Waals surface area contributed by atoms with E-state index in [1.54, 1.807) is 25.6 Å². The number of amides is 1. The zero-order valence-electron chi connectivity index (χ0n) is 13.4. The van der Waals surface area contributed by atoms with Crippen LogP contribution in [-0.2, 0) is 11.2 Å². The van der Waals surface area contributed by atoms with Crippen molar-refractivity contribution in [2.24, 2.45) is 0 Å². The first-order chi connectivity index (χ1) is 11.7. The number of benzene rings is 1. The van der Waals surface area contributed by atoms with Gasteiger partial charge in [-0.25, -0.2) is 15.0 Å². The smallest absolute Gasteiger partial charge is 0.229 e. The Hall–Kier alpha value is -3.22. The number of hydrogen-bond donors (Lipinski definition) is 1. The third-order valence-electron chi connectivity index (χ3n) is 3.49. The van der Waals surface area contributed by atoms with Crippen molar-refractivity contribution in [2.75, 3.05) is 12.4 Å². The molecule has 3 rings (SSSR count).